The molecule has 1 saturated heterocycles. The van der Waals surface area contributed by atoms with Crippen LogP contribution in [0.1, 0.15) is 12.5 Å². The fourth-order valence-corrected chi connectivity index (χ4v) is 2.22. The lowest BCUT2D eigenvalue weighted by atomic mass is 10.1. The maximum Gasteiger partial charge on any atom is 0.276 e. The molecule has 1 N–H and O–H groups in total. The number of carbonyl (C=O) groups excluding carboxylic acids is 1. The first kappa shape index (κ1) is 13.5. The van der Waals surface area contributed by atoms with E-state index in [4.69, 9.17) is 12.2 Å². The van der Waals surface area contributed by atoms with Gasteiger partial charge in [0, 0.05) is 26.3 Å². The van der Waals surface area contributed by atoms with Crippen LogP contribution in [0.15, 0.2) is 30.0 Å². The predicted molar refractivity (Wildman–Crippen MR) is 81.9 cm³/mol. The summed E-state index contributed by atoms with van der Waals surface area (Å²) in [4.78, 5) is 15.6. The number of nitrogens with zero attached hydrogens (tertiary/aromatic N) is 2. The van der Waals surface area contributed by atoms with Gasteiger partial charge in [-0.25, -0.2) is 0 Å². The van der Waals surface area contributed by atoms with Gasteiger partial charge >= 0.3 is 0 Å². The van der Waals surface area contributed by atoms with Crippen molar-refractivity contribution in [2.75, 3.05) is 25.5 Å². The molecule has 0 aromatic heterocycles. The number of anilines is 1. The van der Waals surface area contributed by atoms with E-state index in [1.54, 1.807) is 4.90 Å². The van der Waals surface area contributed by atoms with E-state index in [1.807, 2.05) is 56.3 Å². The second-order valence-corrected chi connectivity index (χ2v) is 4.91. The summed E-state index contributed by atoms with van der Waals surface area (Å²) in [5.74, 6) is -0.0656. The van der Waals surface area contributed by atoms with Crippen LogP contribution in [-0.4, -0.2) is 36.6 Å². The van der Waals surface area contributed by atoms with Crippen molar-refractivity contribution >= 4 is 35.0 Å². The molecule has 1 aromatic carbocycles. The number of carbonyl (C=O) groups is 1. The highest BCUT2D eigenvalue weighted by Gasteiger charge is 2.28. The maximum atomic E-state index is 12.0. The molecule has 1 aliphatic rings. The van der Waals surface area contributed by atoms with Crippen molar-refractivity contribution in [3.8, 4) is 0 Å². The summed E-state index contributed by atoms with van der Waals surface area (Å²) in [5.41, 5.74) is 2.63. The van der Waals surface area contributed by atoms with E-state index < -0.39 is 0 Å². The monoisotopic (exact) mass is 275 g/mol. The Bertz CT molecular complexity index is 534. The molecule has 4 nitrogen and oxygen atoms in total. The van der Waals surface area contributed by atoms with Crippen LogP contribution in [0.5, 0.6) is 0 Å². The van der Waals surface area contributed by atoms with Crippen molar-refractivity contribution in [3.05, 3.63) is 35.5 Å². The molecule has 1 aliphatic heterocycles. The Morgan fingerprint density at radius 1 is 1.32 bits per heavy atom. The van der Waals surface area contributed by atoms with Crippen LogP contribution < -0.4 is 10.2 Å². The summed E-state index contributed by atoms with van der Waals surface area (Å²) in [6.07, 6.45) is 1.82. The summed E-state index contributed by atoms with van der Waals surface area (Å²) in [6.45, 7) is 2.49. The molecule has 19 heavy (non-hydrogen) atoms. The van der Waals surface area contributed by atoms with Gasteiger partial charge in [-0.3, -0.25) is 9.69 Å². The van der Waals surface area contributed by atoms with Gasteiger partial charge in [0.2, 0.25) is 0 Å². The Morgan fingerprint density at radius 2 is 1.95 bits per heavy atom. The average molecular weight is 275 g/mol. The number of benzene rings is 1. The van der Waals surface area contributed by atoms with Crippen molar-refractivity contribution in [1.29, 1.82) is 0 Å². The Kier molecular flexibility index (Phi) is 3.85. The Morgan fingerprint density at radius 3 is 2.42 bits per heavy atom. The fourth-order valence-electron chi connectivity index (χ4n) is 1.89. The average Bonchev–Trinajstić information content (AvgIpc) is 2.64. The number of likely N-dealkylation sites (N-methyl/N-ethyl adjacent to an activating group) is 1. The second-order valence-electron chi connectivity index (χ2n) is 4.52. The van der Waals surface area contributed by atoms with Gasteiger partial charge in [0.05, 0.1) is 0 Å². The molecule has 0 radical (unpaired) electrons. The van der Waals surface area contributed by atoms with E-state index in [1.165, 1.54) is 0 Å². The van der Waals surface area contributed by atoms with Crippen molar-refractivity contribution in [3.63, 3.8) is 0 Å². The largest absolute Gasteiger partial charge is 0.378 e. The van der Waals surface area contributed by atoms with Crippen LogP contribution in [0.3, 0.4) is 0 Å². The number of hydrogen-bond donors (Lipinski definition) is 1. The number of nitrogens with one attached hydrogen (secondary N) is 1. The Labute approximate surface area is 118 Å². The van der Waals surface area contributed by atoms with Crippen molar-refractivity contribution in [2.45, 2.75) is 6.92 Å². The lowest BCUT2D eigenvalue weighted by Gasteiger charge is -2.11. The molecular formula is C14H17N3OS. The fraction of sp³-hybridized carbons (Fsp3) is 0.286. The molecule has 1 heterocycles. The standard InChI is InChI=1S/C14H17N3OS/c1-4-17-13(18)12(15-14(17)19)9-10-5-7-11(8-6-10)16(2)3/h5-9H,4H2,1-3H3,(H,15,19)/b12-9-. The van der Waals surface area contributed by atoms with Crippen LogP contribution in [0.2, 0.25) is 0 Å². The molecule has 0 spiro atoms. The third-order valence-electron chi connectivity index (χ3n) is 3.00. The zero-order chi connectivity index (χ0) is 14.0. The smallest absolute Gasteiger partial charge is 0.276 e. The molecule has 0 bridgehead atoms. The summed E-state index contributed by atoms with van der Waals surface area (Å²) in [5, 5.41) is 3.42. The zero-order valence-electron chi connectivity index (χ0n) is 11.3. The zero-order valence-corrected chi connectivity index (χ0v) is 12.1. The van der Waals surface area contributed by atoms with Crippen molar-refractivity contribution in [2.24, 2.45) is 0 Å². The van der Waals surface area contributed by atoms with Gasteiger partial charge in [-0.2, -0.15) is 0 Å². The van der Waals surface area contributed by atoms with Gasteiger partial charge in [0.1, 0.15) is 5.70 Å². The minimum absolute atomic E-state index is 0.0656. The molecule has 1 aromatic rings. The molecular weight excluding hydrogens is 258 g/mol. The maximum absolute atomic E-state index is 12.0. The number of amides is 1. The highest BCUT2D eigenvalue weighted by Crippen LogP contribution is 2.17. The number of thiocarbonyl (C=S) groups is 1. The van der Waals surface area contributed by atoms with Gasteiger partial charge in [-0.1, -0.05) is 12.1 Å². The molecule has 1 amide bonds. The van der Waals surface area contributed by atoms with E-state index >= 15 is 0 Å². The third kappa shape index (κ3) is 2.76. The first-order valence-electron chi connectivity index (χ1n) is 6.15. The van der Waals surface area contributed by atoms with E-state index in [2.05, 4.69) is 5.32 Å². The lowest BCUT2D eigenvalue weighted by Crippen LogP contribution is -2.30. The van der Waals surface area contributed by atoms with Crippen molar-refractivity contribution in [1.82, 2.24) is 10.2 Å². The Hall–Kier alpha value is -1.88. The third-order valence-corrected chi connectivity index (χ3v) is 3.32. The Balaban J connectivity index is 2.22. The van der Waals surface area contributed by atoms with Gasteiger partial charge < -0.3 is 10.2 Å². The van der Waals surface area contributed by atoms with E-state index in [-0.39, 0.29) is 5.91 Å². The minimum atomic E-state index is -0.0656. The number of hydrogen-bond acceptors (Lipinski definition) is 3. The summed E-state index contributed by atoms with van der Waals surface area (Å²) >= 11 is 5.11. The molecule has 5 heteroatoms. The molecule has 0 aliphatic carbocycles. The molecule has 2 rings (SSSR count). The van der Waals surface area contributed by atoms with Crippen LogP contribution in [0, 0.1) is 0 Å². The molecule has 100 valence electrons. The van der Waals surface area contributed by atoms with Crippen LogP contribution >= 0.6 is 12.2 Å². The molecule has 0 atom stereocenters. The van der Waals surface area contributed by atoms with Gasteiger partial charge in [-0.05, 0) is 42.9 Å². The van der Waals surface area contributed by atoms with Crippen LogP contribution in [-0.2, 0) is 4.79 Å². The van der Waals surface area contributed by atoms with E-state index in [9.17, 15) is 4.79 Å². The van der Waals surface area contributed by atoms with Gasteiger partial charge in [0.15, 0.2) is 5.11 Å². The molecule has 1 fully saturated rings. The SMILES string of the molecule is CCN1C(=O)/C(=C/c2ccc(N(C)C)cc2)NC1=S. The van der Waals surface area contributed by atoms with Gasteiger partial charge in [-0.15, -0.1) is 0 Å². The summed E-state index contributed by atoms with van der Waals surface area (Å²) in [6, 6.07) is 7.99. The quantitative estimate of drug-likeness (QED) is 0.674. The lowest BCUT2D eigenvalue weighted by molar-refractivity contribution is -0.122. The van der Waals surface area contributed by atoms with Gasteiger partial charge in [0.25, 0.3) is 5.91 Å². The highest BCUT2D eigenvalue weighted by atomic mass is 32.1. The normalized spacial score (nSPS) is 17.0. The summed E-state index contributed by atoms with van der Waals surface area (Å²) in [7, 11) is 3.99. The highest BCUT2D eigenvalue weighted by molar-refractivity contribution is 7.80. The minimum Gasteiger partial charge on any atom is -0.378 e. The van der Waals surface area contributed by atoms with Crippen molar-refractivity contribution < 1.29 is 4.79 Å². The second kappa shape index (κ2) is 5.40. The van der Waals surface area contributed by atoms with E-state index in [0.717, 1.165) is 11.3 Å². The predicted octanol–water partition coefficient (Wildman–Crippen LogP) is 1.83. The summed E-state index contributed by atoms with van der Waals surface area (Å²) < 4.78 is 0. The topological polar surface area (TPSA) is 35.6 Å². The molecule has 0 unspecified atom stereocenters. The molecule has 0 saturated carbocycles. The first-order chi connectivity index (χ1) is 9.02. The number of rotatable bonds is 3. The van der Waals surface area contributed by atoms with E-state index in [0.29, 0.717) is 17.4 Å². The van der Waals surface area contributed by atoms with Crippen LogP contribution in [0.4, 0.5) is 5.69 Å². The first-order valence-corrected chi connectivity index (χ1v) is 6.55. The van der Waals surface area contributed by atoms with Crippen LogP contribution in [0.25, 0.3) is 6.08 Å².